The third-order valence-electron chi connectivity index (χ3n) is 4.61. The summed E-state index contributed by atoms with van der Waals surface area (Å²) in [5.41, 5.74) is 9.55. The van der Waals surface area contributed by atoms with Crippen molar-refractivity contribution in [3.63, 3.8) is 0 Å². The standard InChI is InChI=1S/C9H12.C8H18.C6H14.C3H7NO/c1-7-5-4-6-8(2)9(7)3;1-4-5-6-7-8(2)3;1-5-6(2,3)4;1-3(5)2-4/h4-6H,1-3H3;8H,4-7H2,1-3H3;5H2,1-4H3;2,4H2,1H3. The highest BCUT2D eigenvalue weighted by molar-refractivity contribution is 5.77. The van der Waals surface area contributed by atoms with Crippen molar-refractivity contribution in [2.45, 2.75) is 108 Å². The lowest BCUT2D eigenvalue weighted by Crippen LogP contribution is -2.07. The fourth-order valence-electron chi connectivity index (χ4n) is 1.70. The smallest absolute Gasteiger partial charge is 0.143 e. The summed E-state index contributed by atoms with van der Waals surface area (Å²) in [6, 6.07) is 6.38. The molecule has 166 valence electrons. The SMILES string of the molecule is CC(=O)CN.CCC(C)(C)C.CCCCCC(C)C.Cc1cccc(C)c1C. The van der Waals surface area contributed by atoms with Crippen LogP contribution in [0.15, 0.2) is 18.2 Å². The van der Waals surface area contributed by atoms with E-state index in [4.69, 9.17) is 5.73 Å². The molecule has 0 aliphatic carbocycles. The third-order valence-corrected chi connectivity index (χ3v) is 4.61. The monoisotopic (exact) mass is 393 g/mol. The Bertz CT molecular complexity index is 463. The number of Topliss-reactive ketones (excluding diaryl/α,β-unsaturated/α-hetero) is 1. The maximum absolute atomic E-state index is 9.69. The summed E-state index contributed by atoms with van der Waals surface area (Å²) < 4.78 is 0. The average Bonchev–Trinajstić information content (AvgIpc) is 2.60. The quantitative estimate of drug-likeness (QED) is 0.518. The molecule has 0 atom stereocenters. The maximum atomic E-state index is 9.69. The van der Waals surface area contributed by atoms with Gasteiger partial charge in [-0.05, 0) is 55.7 Å². The summed E-state index contributed by atoms with van der Waals surface area (Å²) in [5.74, 6) is 0.937. The molecule has 0 aromatic heterocycles. The van der Waals surface area contributed by atoms with Crippen LogP contribution in [0.5, 0.6) is 0 Å². The predicted octanol–water partition coefficient (Wildman–Crippen LogP) is 7.81. The van der Waals surface area contributed by atoms with Crippen LogP contribution in [-0.2, 0) is 4.79 Å². The van der Waals surface area contributed by atoms with Gasteiger partial charge in [-0.3, -0.25) is 4.79 Å². The molecule has 0 saturated heterocycles. The first-order chi connectivity index (χ1) is 12.8. The third kappa shape index (κ3) is 27.1. The summed E-state index contributed by atoms with van der Waals surface area (Å²) in [5, 5.41) is 0. The number of carbonyl (C=O) groups excluding carboxylic acids is 1. The number of benzene rings is 1. The zero-order valence-corrected chi connectivity index (χ0v) is 21.0. The highest BCUT2D eigenvalue weighted by atomic mass is 16.1. The van der Waals surface area contributed by atoms with E-state index in [1.807, 2.05) is 0 Å². The molecule has 0 heterocycles. The van der Waals surface area contributed by atoms with Gasteiger partial charge in [0.1, 0.15) is 5.78 Å². The van der Waals surface area contributed by atoms with Crippen LogP contribution < -0.4 is 5.73 Å². The summed E-state index contributed by atoms with van der Waals surface area (Å²) in [4.78, 5) is 9.69. The Balaban J connectivity index is -0.000000306. The van der Waals surface area contributed by atoms with E-state index < -0.39 is 0 Å². The summed E-state index contributed by atoms with van der Waals surface area (Å²) >= 11 is 0. The Morgan fingerprint density at radius 3 is 1.61 bits per heavy atom. The van der Waals surface area contributed by atoms with Gasteiger partial charge < -0.3 is 5.73 Å². The lowest BCUT2D eigenvalue weighted by molar-refractivity contribution is -0.115. The Morgan fingerprint density at radius 1 is 1.00 bits per heavy atom. The van der Waals surface area contributed by atoms with Crippen LogP contribution in [0.4, 0.5) is 0 Å². The van der Waals surface area contributed by atoms with Crippen LogP contribution in [0.1, 0.15) is 104 Å². The molecular weight excluding hydrogens is 342 g/mol. The maximum Gasteiger partial charge on any atom is 0.143 e. The number of rotatable bonds is 5. The van der Waals surface area contributed by atoms with E-state index in [-0.39, 0.29) is 12.3 Å². The van der Waals surface area contributed by atoms with Crippen LogP contribution in [-0.4, -0.2) is 12.3 Å². The van der Waals surface area contributed by atoms with Crippen LogP contribution in [0, 0.1) is 32.1 Å². The van der Waals surface area contributed by atoms with Gasteiger partial charge >= 0.3 is 0 Å². The average molecular weight is 394 g/mol. The zero-order valence-electron chi connectivity index (χ0n) is 21.0. The van der Waals surface area contributed by atoms with Gasteiger partial charge in [-0.15, -0.1) is 0 Å². The molecule has 0 aliphatic rings. The zero-order chi connectivity index (χ0) is 22.8. The number of carbonyl (C=O) groups is 1. The fraction of sp³-hybridized carbons (Fsp3) is 0.731. The fourth-order valence-corrected chi connectivity index (χ4v) is 1.70. The van der Waals surface area contributed by atoms with Gasteiger partial charge in [0.2, 0.25) is 0 Å². The molecule has 0 saturated carbocycles. The molecule has 0 bridgehead atoms. The van der Waals surface area contributed by atoms with Crippen molar-refractivity contribution in [2.75, 3.05) is 6.54 Å². The molecule has 0 unspecified atom stereocenters. The van der Waals surface area contributed by atoms with Crippen LogP contribution in [0.2, 0.25) is 0 Å². The molecule has 1 aromatic carbocycles. The lowest BCUT2D eigenvalue weighted by Gasteiger charge is -2.12. The number of ketones is 1. The number of aryl methyl sites for hydroxylation is 2. The first kappa shape index (κ1) is 31.5. The number of unbranched alkanes of at least 4 members (excludes halogenated alkanes) is 2. The van der Waals surface area contributed by atoms with Crippen molar-refractivity contribution in [3.8, 4) is 0 Å². The van der Waals surface area contributed by atoms with Gasteiger partial charge in [0.05, 0.1) is 6.54 Å². The van der Waals surface area contributed by atoms with E-state index in [1.54, 1.807) is 0 Å². The normalized spacial score (nSPS) is 10.0. The van der Waals surface area contributed by atoms with Gasteiger partial charge in [0.15, 0.2) is 0 Å². The molecule has 0 aliphatic heterocycles. The van der Waals surface area contributed by atoms with Gasteiger partial charge in [0, 0.05) is 0 Å². The second-order valence-corrected chi connectivity index (χ2v) is 9.23. The van der Waals surface area contributed by atoms with Crippen LogP contribution in [0.25, 0.3) is 0 Å². The summed E-state index contributed by atoms with van der Waals surface area (Å²) in [6.07, 6.45) is 6.87. The minimum atomic E-state index is 0.0324. The molecule has 0 spiro atoms. The van der Waals surface area contributed by atoms with Gasteiger partial charge in [-0.1, -0.05) is 98.8 Å². The lowest BCUT2D eigenvalue weighted by atomic mass is 9.94. The van der Waals surface area contributed by atoms with Gasteiger partial charge in [0.25, 0.3) is 0 Å². The second-order valence-electron chi connectivity index (χ2n) is 9.23. The summed E-state index contributed by atoms with van der Waals surface area (Å²) in [7, 11) is 0. The molecule has 2 heteroatoms. The minimum Gasteiger partial charge on any atom is -0.324 e. The second kappa shape index (κ2) is 19.2. The van der Waals surface area contributed by atoms with Crippen LogP contribution in [0.3, 0.4) is 0 Å². The molecular formula is C26H51NO. The van der Waals surface area contributed by atoms with Gasteiger partial charge in [-0.25, -0.2) is 0 Å². The molecule has 0 radical (unpaired) electrons. The minimum absolute atomic E-state index is 0.0324. The number of hydrogen-bond acceptors (Lipinski definition) is 2. The Hall–Kier alpha value is -1.15. The predicted molar refractivity (Wildman–Crippen MR) is 129 cm³/mol. The molecule has 28 heavy (non-hydrogen) atoms. The largest absolute Gasteiger partial charge is 0.324 e. The Labute approximate surface area is 177 Å². The molecule has 1 rings (SSSR count). The topological polar surface area (TPSA) is 43.1 Å². The first-order valence-corrected chi connectivity index (χ1v) is 11.0. The van der Waals surface area contributed by atoms with Crippen molar-refractivity contribution in [1.29, 1.82) is 0 Å². The van der Waals surface area contributed by atoms with Crippen molar-refractivity contribution in [1.82, 2.24) is 0 Å². The highest BCUT2D eigenvalue weighted by Crippen LogP contribution is 2.16. The van der Waals surface area contributed by atoms with Crippen molar-refractivity contribution >= 4 is 5.78 Å². The highest BCUT2D eigenvalue weighted by Gasteiger charge is 2.03. The van der Waals surface area contributed by atoms with Crippen molar-refractivity contribution < 1.29 is 4.79 Å². The molecule has 2 N–H and O–H groups in total. The van der Waals surface area contributed by atoms with Gasteiger partial charge in [-0.2, -0.15) is 0 Å². The molecule has 1 aromatic rings. The molecule has 2 nitrogen and oxygen atoms in total. The van der Waals surface area contributed by atoms with E-state index in [9.17, 15) is 4.79 Å². The van der Waals surface area contributed by atoms with E-state index in [0.29, 0.717) is 5.41 Å². The van der Waals surface area contributed by atoms with E-state index in [1.165, 1.54) is 55.7 Å². The molecule has 0 amide bonds. The van der Waals surface area contributed by atoms with E-state index >= 15 is 0 Å². The van der Waals surface area contributed by atoms with Crippen LogP contribution >= 0.6 is 0 Å². The first-order valence-electron chi connectivity index (χ1n) is 11.0. The van der Waals surface area contributed by atoms with E-state index in [2.05, 4.69) is 87.4 Å². The Morgan fingerprint density at radius 2 is 1.39 bits per heavy atom. The number of hydrogen-bond donors (Lipinski definition) is 1. The van der Waals surface area contributed by atoms with Crippen molar-refractivity contribution in [3.05, 3.63) is 34.9 Å². The number of nitrogens with two attached hydrogens (primary N) is 1. The molecule has 0 fully saturated rings. The van der Waals surface area contributed by atoms with E-state index in [0.717, 1.165) is 5.92 Å². The summed E-state index contributed by atoms with van der Waals surface area (Å²) in [6.45, 7) is 23.8. The van der Waals surface area contributed by atoms with Crippen molar-refractivity contribution in [2.24, 2.45) is 17.1 Å². The Kier molecular flexibility index (Phi) is 21.6.